The van der Waals surface area contributed by atoms with Gasteiger partial charge in [-0.2, -0.15) is 0 Å². The van der Waals surface area contributed by atoms with E-state index in [0.717, 1.165) is 0 Å². The summed E-state index contributed by atoms with van der Waals surface area (Å²) in [5.41, 5.74) is 0. The number of carbonyl (C=O) groups is 1. The summed E-state index contributed by atoms with van der Waals surface area (Å²) < 4.78 is 4.75. The molecule has 1 fully saturated rings. The highest BCUT2D eigenvalue weighted by atomic mass is 16.5. The molecule has 0 spiro atoms. The molecule has 1 aliphatic rings. The first-order valence-corrected chi connectivity index (χ1v) is 3.28. The van der Waals surface area contributed by atoms with Gasteiger partial charge in [-0.3, -0.25) is 0 Å². The van der Waals surface area contributed by atoms with Crippen LogP contribution in [0, 0.1) is 0 Å². The van der Waals surface area contributed by atoms with Crippen molar-refractivity contribution in [3.8, 4) is 0 Å². The van der Waals surface area contributed by atoms with Gasteiger partial charge >= 0.3 is 0 Å². The number of hydrogen-bond acceptors (Lipinski definition) is 5. The number of aldehydes is 1. The Labute approximate surface area is 63.2 Å². The maximum Gasteiger partial charge on any atom is 0.151 e. The van der Waals surface area contributed by atoms with Gasteiger partial charge in [0.05, 0.1) is 6.61 Å². The van der Waals surface area contributed by atoms with E-state index >= 15 is 0 Å². The van der Waals surface area contributed by atoms with Crippen LogP contribution >= 0.6 is 0 Å². The molecule has 64 valence electrons. The van der Waals surface area contributed by atoms with E-state index in [1.807, 2.05) is 0 Å². The zero-order valence-corrected chi connectivity index (χ0v) is 5.75. The fourth-order valence-electron chi connectivity index (χ4n) is 1.00. The Morgan fingerprint density at radius 2 is 2.18 bits per heavy atom. The molecule has 0 aromatic carbocycles. The van der Waals surface area contributed by atoms with Gasteiger partial charge in [-0.15, -0.1) is 0 Å². The van der Waals surface area contributed by atoms with Crippen molar-refractivity contribution in [2.24, 2.45) is 0 Å². The van der Waals surface area contributed by atoms with Crippen LogP contribution < -0.4 is 0 Å². The molecule has 0 amide bonds. The fraction of sp³-hybridized carbons (Fsp3) is 0.833. The SMILES string of the molecule is O=CC(O)[C@@H]1OC[C@H](O)[C@H]1O. The molecule has 1 aliphatic heterocycles. The van der Waals surface area contributed by atoms with Gasteiger partial charge in [-0.25, -0.2) is 0 Å². The van der Waals surface area contributed by atoms with E-state index in [-0.39, 0.29) is 12.9 Å². The number of hydrogen-bond donors (Lipinski definition) is 3. The highest BCUT2D eigenvalue weighted by Crippen LogP contribution is 2.16. The van der Waals surface area contributed by atoms with Crippen molar-refractivity contribution in [3.63, 3.8) is 0 Å². The van der Waals surface area contributed by atoms with Crippen molar-refractivity contribution in [1.82, 2.24) is 0 Å². The molecule has 5 heteroatoms. The van der Waals surface area contributed by atoms with E-state index in [4.69, 9.17) is 20.1 Å². The minimum Gasteiger partial charge on any atom is -0.388 e. The van der Waals surface area contributed by atoms with Gasteiger partial charge in [-0.05, 0) is 0 Å². The van der Waals surface area contributed by atoms with E-state index in [9.17, 15) is 4.79 Å². The molecular weight excluding hydrogens is 152 g/mol. The Morgan fingerprint density at radius 3 is 2.55 bits per heavy atom. The second-order valence-electron chi connectivity index (χ2n) is 2.48. The number of aliphatic hydroxyl groups excluding tert-OH is 3. The van der Waals surface area contributed by atoms with Crippen LogP contribution in [0.1, 0.15) is 0 Å². The average molecular weight is 162 g/mol. The summed E-state index contributed by atoms with van der Waals surface area (Å²) in [7, 11) is 0. The lowest BCUT2D eigenvalue weighted by Gasteiger charge is -2.15. The number of carbonyl (C=O) groups excluding carboxylic acids is 1. The zero-order chi connectivity index (χ0) is 8.43. The van der Waals surface area contributed by atoms with Crippen molar-refractivity contribution in [1.29, 1.82) is 0 Å². The van der Waals surface area contributed by atoms with Crippen molar-refractivity contribution in [2.75, 3.05) is 6.61 Å². The minimum atomic E-state index is -1.36. The van der Waals surface area contributed by atoms with Crippen LogP contribution in [0.4, 0.5) is 0 Å². The summed E-state index contributed by atoms with van der Waals surface area (Å²) in [6.07, 6.45) is -4.25. The molecule has 3 N–H and O–H groups in total. The lowest BCUT2D eigenvalue weighted by Crippen LogP contribution is -2.39. The van der Waals surface area contributed by atoms with Crippen molar-refractivity contribution in [2.45, 2.75) is 24.4 Å². The van der Waals surface area contributed by atoms with Crippen LogP contribution in [0.2, 0.25) is 0 Å². The van der Waals surface area contributed by atoms with Crippen molar-refractivity contribution < 1.29 is 24.9 Å². The summed E-state index contributed by atoms with van der Waals surface area (Å²) >= 11 is 0. The smallest absolute Gasteiger partial charge is 0.151 e. The maximum atomic E-state index is 10.0. The van der Waals surface area contributed by atoms with Gasteiger partial charge in [0.15, 0.2) is 6.29 Å². The van der Waals surface area contributed by atoms with Gasteiger partial charge in [-0.1, -0.05) is 0 Å². The highest BCUT2D eigenvalue weighted by Gasteiger charge is 2.38. The average Bonchev–Trinajstić information content (AvgIpc) is 2.32. The minimum absolute atomic E-state index is 0.0449. The molecule has 1 heterocycles. The molecule has 1 saturated heterocycles. The molecule has 0 aliphatic carbocycles. The van der Waals surface area contributed by atoms with Crippen LogP contribution in [0.5, 0.6) is 0 Å². The third-order valence-electron chi connectivity index (χ3n) is 1.67. The molecule has 1 unspecified atom stereocenters. The van der Waals surface area contributed by atoms with Crippen LogP contribution in [0.15, 0.2) is 0 Å². The Bertz CT molecular complexity index is 148. The van der Waals surface area contributed by atoms with E-state index in [1.54, 1.807) is 0 Å². The summed E-state index contributed by atoms with van der Waals surface area (Å²) in [6, 6.07) is 0. The van der Waals surface area contributed by atoms with Crippen LogP contribution in [0.3, 0.4) is 0 Å². The topological polar surface area (TPSA) is 87.0 Å². The Kier molecular flexibility index (Phi) is 2.56. The van der Waals surface area contributed by atoms with Gasteiger partial charge in [0.2, 0.25) is 0 Å². The number of aliphatic hydroxyl groups is 3. The Hall–Kier alpha value is -0.490. The van der Waals surface area contributed by atoms with E-state index < -0.39 is 24.4 Å². The van der Waals surface area contributed by atoms with E-state index in [1.165, 1.54) is 0 Å². The van der Waals surface area contributed by atoms with Crippen molar-refractivity contribution in [3.05, 3.63) is 0 Å². The van der Waals surface area contributed by atoms with Crippen molar-refractivity contribution >= 4 is 6.29 Å². The number of rotatable bonds is 2. The maximum absolute atomic E-state index is 10.0. The van der Waals surface area contributed by atoms with Gasteiger partial charge in [0, 0.05) is 0 Å². The standard InChI is InChI=1S/C6H10O5/c7-1-3(8)6-5(10)4(9)2-11-6/h1,3-6,8-10H,2H2/t3?,4-,5+,6-/m0/s1. The summed E-state index contributed by atoms with van der Waals surface area (Å²) in [4.78, 5) is 10.0. The highest BCUT2D eigenvalue weighted by molar-refractivity contribution is 5.57. The summed E-state index contributed by atoms with van der Waals surface area (Å²) in [5, 5.41) is 26.9. The van der Waals surface area contributed by atoms with Crippen LogP contribution in [0.25, 0.3) is 0 Å². The lowest BCUT2D eigenvalue weighted by atomic mass is 10.1. The molecule has 11 heavy (non-hydrogen) atoms. The molecule has 0 aromatic rings. The molecular formula is C6H10O5. The molecule has 4 atom stereocenters. The second kappa shape index (κ2) is 3.27. The fourth-order valence-corrected chi connectivity index (χ4v) is 1.00. The predicted molar refractivity (Wildman–Crippen MR) is 33.8 cm³/mol. The molecule has 5 nitrogen and oxygen atoms in total. The Balaban J connectivity index is 2.54. The molecule has 0 radical (unpaired) electrons. The first-order valence-electron chi connectivity index (χ1n) is 3.28. The quantitative estimate of drug-likeness (QED) is 0.396. The zero-order valence-electron chi connectivity index (χ0n) is 5.75. The predicted octanol–water partition coefficient (Wildman–Crippen LogP) is -2.33. The molecule has 1 rings (SSSR count). The molecule has 0 aromatic heterocycles. The first kappa shape index (κ1) is 8.61. The van der Waals surface area contributed by atoms with Gasteiger partial charge in [0.25, 0.3) is 0 Å². The Morgan fingerprint density at radius 1 is 1.55 bits per heavy atom. The largest absolute Gasteiger partial charge is 0.388 e. The third kappa shape index (κ3) is 1.57. The van der Waals surface area contributed by atoms with E-state index in [0.29, 0.717) is 0 Å². The molecule has 0 saturated carbocycles. The summed E-state index contributed by atoms with van der Waals surface area (Å²) in [6.45, 7) is -0.0449. The van der Waals surface area contributed by atoms with Gasteiger partial charge < -0.3 is 24.9 Å². The van der Waals surface area contributed by atoms with Gasteiger partial charge in [0.1, 0.15) is 24.4 Å². The normalized spacial score (nSPS) is 40.5. The molecule has 0 bridgehead atoms. The van der Waals surface area contributed by atoms with Crippen LogP contribution in [-0.2, 0) is 9.53 Å². The summed E-state index contributed by atoms with van der Waals surface area (Å²) in [5.74, 6) is 0. The van der Waals surface area contributed by atoms with E-state index in [2.05, 4.69) is 0 Å². The monoisotopic (exact) mass is 162 g/mol. The third-order valence-corrected chi connectivity index (χ3v) is 1.67. The second-order valence-corrected chi connectivity index (χ2v) is 2.48. The van der Waals surface area contributed by atoms with Crippen LogP contribution in [-0.4, -0.2) is 52.6 Å². The lowest BCUT2D eigenvalue weighted by molar-refractivity contribution is -0.124. The number of ether oxygens (including phenoxy) is 1. The first-order chi connectivity index (χ1) is 5.16.